The lowest BCUT2D eigenvalue weighted by atomic mass is 10.00. The lowest BCUT2D eigenvalue weighted by Crippen LogP contribution is -2.30. The molecule has 138 valence electrons. The molecule has 2 aliphatic rings. The van der Waals surface area contributed by atoms with Gasteiger partial charge in [0.25, 0.3) is 5.91 Å². The Morgan fingerprint density at radius 1 is 1.27 bits per heavy atom. The molecule has 2 heterocycles. The molecule has 26 heavy (non-hydrogen) atoms. The van der Waals surface area contributed by atoms with Gasteiger partial charge in [-0.15, -0.1) is 0 Å². The number of nitrogens with zero attached hydrogens (tertiary/aromatic N) is 3. The molecule has 4 rings (SSSR count). The quantitative estimate of drug-likeness (QED) is 0.923. The van der Waals surface area contributed by atoms with Crippen molar-refractivity contribution in [3.63, 3.8) is 0 Å². The molecule has 1 aliphatic carbocycles. The third-order valence-corrected chi connectivity index (χ3v) is 6.00. The number of carbonyl (C=O) groups excluding carboxylic acids is 1. The fourth-order valence-electron chi connectivity index (χ4n) is 4.44. The lowest BCUT2D eigenvalue weighted by molar-refractivity contribution is 0.0773. The molecular formula is C21H27N3O2. The minimum atomic E-state index is 0.0227. The average Bonchev–Trinajstić information content (AvgIpc) is 3.29. The summed E-state index contributed by atoms with van der Waals surface area (Å²) in [6.45, 7) is 7.76. The fraction of sp³-hybridized carbons (Fsp3) is 0.524. The first-order valence-electron chi connectivity index (χ1n) is 9.58. The van der Waals surface area contributed by atoms with Crippen LogP contribution in [0.3, 0.4) is 0 Å². The summed E-state index contributed by atoms with van der Waals surface area (Å²) in [6, 6.07) is 6.36. The molecule has 0 bridgehead atoms. The summed E-state index contributed by atoms with van der Waals surface area (Å²) in [5.41, 5.74) is 6.39. The molecule has 1 fully saturated rings. The van der Waals surface area contributed by atoms with E-state index in [2.05, 4.69) is 39.0 Å². The Balaban J connectivity index is 1.72. The van der Waals surface area contributed by atoms with Crippen molar-refractivity contribution in [1.82, 2.24) is 14.7 Å². The van der Waals surface area contributed by atoms with E-state index in [9.17, 15) is 9.90 Å². The third kappa shape index (κ3) is 2.75. The topological polar surface area (TPSA) is 58.4 Å². The molecule has 0 unspecified atom stereocenters. The number of aromatic nitrogens is 2. The number of hydrogen-bond acceptors (Lipinski definition) is 3. The van der Waals surface area contributed by atoms with Gasteiger partial charge < -0.3 is 10.0 Å². The van der Waals surface area contributed by atoms with Gasteiger partial charge in [-0.05, 0) is 50.7 Å². The van der Waals surface area contributed by atoms with Gasteiger partial charge in [-0.1, -0.05) is 24.6 Å². The highest BCUT2D eigenvalue weighted by Crippen LogP contribution is 2.31. The molecule has 2 aromatic rings. The van der Waals surface area contributed by atoms with Crippen molar-refractivity contribution in [3.8, 4) is 5.69 Å². The predicted molar refractivity (Wildman–Crippen MR) is 101 cm³/mol. The normalized spacial score (nSPS) is 22.1. The zero-order chi connectivity index (χ0) is 18.4. The first kappa shape index (κ1) is 17.3. The number of fused-ring (bicyclic) bond motifs is 1. The Labute approximate surface area is 154 Å². The van der Waals surface area contributed by atoms with Gasteiger partial charge in [0, 0.05) is 36.9 Å². The van der Waals surface area contributed by atoms with E-state index in [1.54, 1.807) is 0 Å². The van der Waals surface area contributed by atoms with Crippen LogP contribution in [0.5, 0.6) is 0 Å². The van der Waals surface area contributed by atoms with Crippen LogP contribution >= 0.6 is 0 Å². The number of aryl methyl sites for hydroxylation is 2. The van der Waals surface area contributed by atoms with Crippen LogP contribution in [0.1, 0.15) is 46.2 Å². The van der Waals surface area contributed by atoms with E-state index in [0.717, 1.165) is 30.5 Å². The van der Waals surface area contributed by atoms with Crippen molar-refractivity contribution >= 4 is 5.91 Å². The largest absolute Gasteiger partial charge is 0.396 e. The van der Waals surface area contributed by atoms with Gasteiger partial charge in [0.1, 0.15) is 0 Å². The van der Waals surface area contributed by atoms with E-state index < -0.39 is 0 Å². The van der Waals surface area contributed by atoms with E-state index in [0.29, 0.717) is 24.7 Å². The SMILES string of the molecule is Cc1ccc(-n2nc(C(=O)N3C[C@@H](CO)[C@H](C)C3)c3c2CCC3)c(C)c1. The van der Waals surface area contributed by atoms with Gasteiger partial charge in [0.05, 0.1) is 5.69 Å². The molecule has 5 nitrogen and oxygen atoms in total. The molecule has 0 saturated carbocycles. The molecule has 1 aromatic carbocycles. The zero-order valence-electron chi connectivity index (χ0n) is 15.8. The molecule has 0 radical (unpaired) electrons. The van der Waals surface area contributed by atoms with Crippen LogP contribution in [0.2, 0.25) is 0 Å². The van der Waals surface area contributed by atoms with Crippen molar-refractivity contribution in [3.05, 3.63) is 46.3 Å². The van der Waals surface area contributed by atoms with Crippen molar-refractivity contribution in [2.45, 2.75) is 40.0 Å². The Hall–Kier alpha value is -2.14. The summed E-state index contributed by atoms with van der Waals surface area (Å²) >= 11 is 0. The summed E-state index contributed by atoms with van der Waals surface area (Å²) in [7, 11) is 0. The number of carbonyl (C=O) groups is 1. The maximum atomic E-state index is 13.2. The van der Waals surface area contributed by atoms with Crippen LogP contribution in [-0.4, -0.2) is 45.4 Å². The van der Waals surface area contributed by atoms with Crippen molar-refractivity contribution < 1.29 is 9.90 Å². The summed E-state index contributed by atoms with van der Waals surface area (Å²) < 4.78 is 1.99. The number of aliphatic hydroxyl groups is 1. The minimum absolute atomic E-state index is 0.0227. The van der Waals surface area contributed by atoms with Gasteiger partial charge in [-0.25, -0.2) is 4.68 Å². The second kappa shape index (κ2) is 6.54. The number of amides is 1. The zero-order valence-corrected chi connectivity index (χ0v) is 15.8. The molecule has 1 aliphatic heterocycles. The van der Waals surface area contributed by atoms with Crippen LogP contribution in [0.25, 0.3) is 5.69 Å². The summed E-state index contributed by atoms with van der Waals surface area (Å²) in [6.07, 6.45) is 2.97. The first-order chi connectivity index (χ1) is 12.5. The molecule has 2 atom stereocenters. The summed E-state index contributed by atoms with van der Waals surface area (Å²) in [5, 5.41) is 14.3. The number of benzene rings is 1. The molecule has 1 N–H and O–H groups in total. The molecule has 0 spiro atoms. The van der Waals surface area contributed by atoms with E-state index in [4.69, 9.17) is 5.10 Å². The monoisotopic (exact) mass is 353 g/mol. The standard InChI is InChI=1S/C21H27N3O2/c1-13-7-8-18(14(2)9-13)24-19-6-4-5-17(19)20(22-24)21(26)23-10-15(3)16(11-23)12-25/h7-9,15-16,25H,4-6,10-12H2,1-3H3/t15-,16+/m1/s1. The van der Waals surface area contributed by atoms with Gasteiger partial charge in [-0.2, -0.15) is 5.10 Å². The number of likely N-dealkylation sites (tertiary alicyclic amines) is 1. The minimum Gasteiger partial charge on any atom is -0.396 e. The van der Waals surface area contributed by atoms with Crippen LogP contribution in [0, 0.1) is 25.7 Å². The van der Waals surface area contributed by atoms with Gasteiger partial charge >= 0.3 is 0 Å². The summed E-state index contributed by atoms with van der Waals surface area (Å²) in [5.74, 6) is 0.529. The maximum Gasteiger partial charge on any atom is 0.274 e. The molecule has 1 amide bonds. The Morgan fingerprint density at radius 2 is 2.08 bits per heavy atom. The van der Waals surface area contributed by atoms with Crippen molar-refractivity contribution in [2.75, 3.05) is 19.7 Å². The van der Waals surface area contributed by atoms with Crippen LogP contribution in [0.15, 0.2) is 18.2 Å². The Kier molecular flexibility index (Phi) is 4.35. The van der Waals surface area contributed by atoms with Crippen LogP contribution in [-0.2, 0) is 12.8 Å². The van der Waals surface area contributed by atoms with E-state index in [-0.39, 0.29) is 18.4 Å². The molecular weight excluding hydrogens is 326 g/mol. The summed E-state index contributed by atoms with van der Waals surface area (Å²) in [4.78, 5) is 15.0. The maximum absolute atomic E-state index is 13.2. The predicted octanol–water partition coefficient (Wildman–Crippen LogP) is 2.68. The van der Waals surface area contributed by atoms with Crippen molar-refractivity contribution in [2.24, 2.45) is 11.8 Å². The highest BCUT2D eigenvalue weighted by molar-refractivity contribution is 5.94. The van der Waals surface area contributed by atoms with E-state index >= 15 is 0 Å². The van der Waals surface area contributed by atoms with Crippen molar-refractivity contribution in [1.29, 1.82) is 0 Å². The van der Waals surface area contributed by atoms with Crippen LogP contribution < -0.4 is 0 Å². The molecule has 1 saturated heterocycles. The molecule has 1 aromatic heterocycles. The van der Waals surface area contributed by atoms with Crippen LogP contribution in [0.4, 0.5) is 0 Å². The van der Waals surface area contributed by atoms with E-state index in [1.807, 2.05) is 9.58 Å². The van der Waals surface area contributed by atoms with E-state index in [1.165, 1.54) is 16.8 Å². The highest BCUT2D eigenvalue weighted by atomic mass is 16.3. The smallest absolute Gasteiger partial charge is 0.274 e. The lowest BCUT2D eigenvalue weighted by Gasteiger charge is -2.15. The van der Waals surface area contributed by atoms with Gasteiger partial charge in [0.2, 0.25) is 0 Å². The highest BCUT2D eigenvalue weighted by Gasteiger charge is 2.36. The Bertz CT molecular complexity index is 855. The fourth-order valence-corrected chi connectivity index (χ4v) is 4.44. The number of hydrogen-bond donors (Lipinski definition) is 1. The van der Waals surface area contributed by atoms with Gasteiger partial charge in [-0.3, -0.25) is 4.79 Å². The molecule has 5 heteroatoms. The number of rotatable bonds is 3. The number of aliphatic hydroxyl groups excluding tert-OH is 1. The average molecular weight is 353 g/mol. The van der Waals surface area contributed by atoms with Gasteiger partial charge in [0.15, 0.2) is 5.69 Å². The third-order valence-electron chi connectivity index (χ3n) is 6.00. The first-order valence-corrected chi connectivity index (χ1v) is 9.58. The Morgan fingerprint density at radius 3 is 2.77 bits per heavy atom. The second-order valence-electron chi connectivity index (χ2n) is 7.96. The second-order valence-corrected chi connectivity index (χ2v) is 7.96.